The number of esters is 1. The van der Waals surface area contributed by atoms with Gasteiger partial charge in [-0.05, 0) is 74.9 Å². The lowest BCUT2D eigenvalue weighted by Gasteiger charge is -2.65. The van der Waals surface area contributed by atoms with Crippen LogP contribution >= 0.6 is 0 Å². The van der Waals surface area contributed by atoms with Gasteiger partial charge in [-0.2, -0.15) is 0 Å². The zero-order chi connectivity index (χ0) is 30.4. The first kappa shape index (κ1) is 31.1. The quantitative estimate of drug-likeness (QED) is 0.228. The maximum atomic E-state index is 14.3. The Kier molecular flexibility index (Phi) is 7.24. The van der Waals surface area contributed by atoms with Crippen molar-refractivity contribution < 1.29 is 39.5 Å². The number of aliphatic hydroxyl groups is 4. The minimum absolute atomic E-state index is 0.00125. The van der Waals surface area contributed by atoms with Crippen molar-refractivity contribution in [1.82, 2.24) is 0 Å². The molecular formula is C32H48O8. The third kappa shape index (κ3) is 4.19. The van der Waals surface area contributed by atoms with Crippen LogP contribution in [0.3, 0.4) is 0 Å². The highest BCUT2D eigenvalue weighted by Gasteiger charge is 2.74. The maximum Gasteiger partial charge on any atom is 0.303 e. The van der Waals surface area contributed by atoms with Crippen molar-refractivity contribution in [2.24, 2.45) is 39.4 Å². The van der Waals surface area contributed by atoms with Gasteiger partial charge in [0.25, 0.3) is 0 Å². The summed E-state index contributed by atoms with van der Waals surface area (Å²) in [6.45, 7) is 15.7. The number of ketones is 2. The summed E-state index contributed by atoms with van der Waals surface area (Å²) in [7, 11) is 0. The minimum Gasteiger partial charge on any atom is -0.456 e. The summed E-state index contributed by atoms with van der Waals surface area (Å²) in [5, 5.41) is 44.9. The monoisotopic (exact) mass is 560 g/mol. The average molecular weight is 561 g/mol. The number of hydrogen-bond donors (Lipinski definition) is 4. The first-order valence-corrected chi connectivity index (χ1v) is 14.5. The van der Waals surface area contributed by atoms with E-state index in [0.29, 0.717) is 12.8 Å². The van der Waals surface area contributed by atoms with E-state index in [1.807, 2.05) is 27.7 Å². The molecule has 4 rings (SSSR count). The number of fused-ring (bicyclic) bond motifs is 5. The van der Waals surface area contributed by atoms with E-state index in [0.717, 1.165) is 5.57 Å². The van der Waals surface area contributed by atoms with Crippen LogP contribution in [0.5, 0.6) is 0 Å². The third-order valence-corrected chi connectivity index (χ3v) is 11.8. The zero-order valence-corrected chi connectivity index (χ0v) is 25.4. The van der Waals surface area contributed by atoms with E-state index in [9.17, 15) is 34.8 Å². The molecule has 0 heterocycles. The molecule has 0 bridgehead atoms. The maximum absolute atomic E-state index is 14.3. The summed E-state index contributed by atoms with van der Waals surface area (Å²) >= 11 is 0. The first-order valence-electron chi connectivity index (χ1n) is 14.5. The van der Waals surface area contributed by atoms with Crippen LogP contribution in [-0.2, 0) is 19.1 Å². The highest BCUT2D eigenvalue weighted by atomic mass is 16.6. The first-order chi connectivity index (χ1) is 18.1. The van der Waals surface area contributed by atoms with Gasteiger partial charge in [0.15, 0.2) is 5.78 Å². The van der Waals surface area contributed by atoms with Crippen LogP contribution in [0.1, 0.15) is 88.0 Å². The van der Waals surface area contributed by atoms with Crippen LogP contribution in [0.25, 0.3) is 0 Å². The van der Waals surface area contributed by atoms with E-state index in [2.05, 4.69) is 13.0 Å². The normalized spacial score (nSPS) is 44.2. The molecule has 0 aromatic rings. The van der Waals surface area contributed by atoms with E-state index in [4.69, 9.17) is 4.74 Å². The van der Waals surface area contributed by atoms with Crippen molar-refractivity contribution >= 4 is 17.5 Å². The lowest BCUT2D eigenvalue weighted by atomic mass is 9.38. The van der Waals surface area contributed by atoms with Gasteiger partial charge in [0.05, 0.1) is 18.3 Å². The molecule has 0 aromatic carbocycles. The van der Waals surface area contributed by atoms with Crippen LogP contribution in [0.2, 0.25) is 0 Å². The van der Waals surface area contributed by atoms with Gasteiger partial charge in [-0.3, -0.25) is 14.4 Å². The molecule has 0 aliphatic heterocycles. The van der Waals surface area contributed by atoms with Gasteiger partial charge in [0, 0.05) is 30.1 Å². The van der Waals surface area contributed by atoms with Gasteiger partial charge in [0.1, 0.15) is 17.0 Å². The Bertz CT molecular complexity index is 1160. The molecule has 10 atom stereocenters. The highest BCUT2D eigenvalue weighted by Crippen LogP contribution is 2.74. The number of ether oxygens (including phenoxy) is 1. The van der Waals surface area contributed by atoms with Crippen molar-refractivity contribution in [2.75, 3.05) is 0 Å². The Morgan fingerprint density at radius 1 is 1.02 bits per heavy atom. The molecule has 8 nitrogen and oxygen atoms in total. The Morgan fingerprint density at radius 2 is 1.62 bits per heavy atom. The van der Waals surface area contributed by atoms with Gasteiger partial charge >= 0.3 is 5.97 Å². The topological polar surface area (TPSA) is 141 Å². The number of carbonyl (C=O) groups is 3. The molecule has 224 valence electrons. The number of hydrogen-bond acceptors (Lipinski definition) is 8. The van der Waals surface area contributed by atoms with Crippen LogP contribution in [0.15, 0.2) is 23.8 Å². The smallest absolute Gasteiger partial charge is 0.303 e. The Balaban J connectivity index is 1.74. The minimum atomic E-state index is -1.98. The second kappa shape index (κ2) is 9.32. The molecule has 3 saturated carbocycles. The third-order valence-electron chi connectivity index (χ3n) is 11.8. The molecule has 0 unspecified atom stereocenters. The van der Waals surface area contributed by atoms with Gasteiger partial charge in [0.2, 0.25) is 0 Å². The van der Waals surface area contributed by atoms with Crippen molar-refractivity contribution in [3.05, 3.63) is 23.8 Å². The highest BCUT2D eigenvalue weighted by molar-refractivity contribution is 5.97. The predicted molar refractivity (Wildman–Crippen MR) is 149 cm³/mol. The van der Waals surface area contributed by atoms with Gasteiger partial charge in [-0.1, -0.05) is 46.3 Å². The van der Waals surface area contributed by atoms with Crippen molar-refractivity contribution in [3.63, 3.8) is 0 Å². The van der Waals surface area contributed by atoms with E-state index in [1.165, 1.54) is 26.0 Å². The fourth-order valence-corrected chi connectivity index (χ4v) is 9.55. The molecule has 0 aromatic heterocycles. The largest absolute Gasteiger partial charge is 0.456 e. The second-order valence-electron chi connectivity index (χ2n) is 15.0. The van der Waals surface area contributed by atoms with Gasteiger partial charge in [-0.15, -0.1) is 0 Å². The molecule has 0 amide bonds. The molecule has 4 N–H and O–H groups in total. The molecule has 40 heavy (non-hydrogen) atoms. The molecule has 0 saturated heterocycles. The van der Waals surface area contributed by atoms with Crippen molar-refractivity contribution in [2.45, 2.75) is 118 Å². The van der Waals surface area contributed by atoms with E-state index in [-0.39, 0.29) is 30.5 Å². The van der Waals surface area contributed by atoms with Crippen LogP contribution in [0, 0.1) is 39.4 Å². The second-order valence-corrected chi connectivity index (χ2v) is 15.0. The summed E-state index contributed by atoms with van der Waals surface area (Å²) in [5.74, 6) is -2.48. The molecule has 0 radical (unpaired) electrons. The molecule has 0 spiro atoms. The summed E-state index contributed by atoms with van der Waals surface area (Å²) in [6.07, 6.45) is 3.10. The lowest BCUT2D eigenvalue weighted by molar-refractivity contribution is -0.186. The van der Waals surface area contributed by atoms with Crippen LogP contribution in [-0.4, -0.2) is 67.5 Å². The Hall–Kier alpha value is -1.87. The summed E-state index contributed by atoms with van der Waals surface area (Å²) in [6, 6.07) is 0. The SMILES string of the molecule is CC(=O)OC(C)(C)/C=C/C(=O)[C@](C)(O)[C@H]1[C@H](O)C[C@@]2(C)[C@@H]3CC=C4[C@@H](C[C@H](O)[C@@H](O)C4(C)C)[C@]3(C)C(=O)C[C@]12C. The number of Topliss-reactive ketones (excluding diaryl/α,β-unsaturated/α-hetero) is 1. The Morgan fingerprint density at radius 3 is 2.20 bits per heavy atom. The van der Waals surface area contributed by atoms with E-state index < -0.39 is 68.8 Å². The average Bonchev–Trinajstić information content (AvgIpc) is 3.01. The van der Waals surface area contributed by atoms with E-state index in [1.54, 1.807) is 13.8 Å². The molecule has 4 aliphatic carbocycles. The number of aliphatic hydroxyl groups excluding tert-OH is 3. The lowest BCUT2D eigenvalue weighted by Crippen LogP contribution is -2.65. The standard InChI is InChI=1S/C32H48O8/c1-17(33)40-27(2,3)13-12-23(36)32(9,39)25-21(35)15-29(6)22-11-10-18-19(14-20(34)26(38)28(18,4)5)31(22,8)24(37)16-30(25,29)7/h10,12-13,19-22,25-26,34-35,38-39H,11,14-16H2,1-9H3/b13-12+/t19-,20+,21-,22+,25+,26-,29+,30-,31+,32+/m1/s1. The molecular weight excluding hydrogens is 512 g/mol. The van der Waals surface area contributed by atoms with Crippen LogP contribution < -0.4 is 0 Å². The Labute approximate surface area is 237 Å². The zero-order valence-electron chi connectivity index (χ0n) is 25.4. The van der Waals surface area contributed by atoms with E-state index >= 15 is 0 Å². The summed E-state index contributed by atoms with van der Waals surface area (Å²) in [5.41, 5.74) is -5.04. The van der Waals surface area contributed by atoms with Crippen molar-refractivity contribution in [3.8, 4) is 0 Å². The van der Waals surface area contributed by atoms with Gasteiger partial charge < -0.3 is 25.2 Å². The molecule has 3 fully saturated rings. The number of carbonyl (C=O) groups excluding carboxylic acids is 3. The molecule has 4 aliphatic rings. The van der Waals surface area contributed by atoms with Gasteiger partial charge in [-0.25, -0.2) is 0 Å². The van der Waals surface area contributed by atoms with Crippen LogP contribution in [0.4, 0.5) is 0 Å². The molecule has 8 heteroatoms. The number of rotatable bonds is 5. The fraction of sp³-hybridized carbons (Fsp3) is 0.781. The fourth-order valence-electron chi connectivity index (χ4n) is 9.55. The predicted octanol–water partition coefficient (Wildman–Crippen LogP) is 3.29. The summed E-state index contributed by atoms with van der Waals surface area (Å²) < 4.78 is 5.23. The summed E-state index contributed by atoms with van der Waals surface area (Å²) in [4.78, 5) is 39.2. The number of allylic oxidation sites excluding steroid dienone is 1. The van der Waals surface area contributed by atoms with Crippen molar-refractivity contribution in [1.29, 1.82) is 0 Å².